The fourth-order valence-corrected chi connectivity index (χ4v) is 2.33. The van der Waals surface area contributed by atoms with Crippen LogP contribution in [0.1, 0.15) is 18.5 Å². The summed E-state index contributed by atoms with van der Waals surface area (Å²) in [6.45, 7) is 2.51. The summed E-state index contributed by atoms with van der Waals surface area (Å²) < 4.78 is 7.22. The topological polar surface area (TPSA) is 26.2 Å². The van der Waals surface area contributed by atoms with Crippen LogP contribution in [0.2, 0.25) is 10.2 Å². The molecule has 2 rings (SSSR count). The Hall–Kier alpha value is -0.220. The number of nitrogens with one attached hydrogen (secondary N) is 1. The summed E-state index contributed by atoms with van der Waals surface area (Å²) in [5, 5.41) is 4.72. The third kappa shape index (κ3) is 2.72. The van der Waals surface area contributed by atoms with Gasteiger partial charge >= 0.3 is 0 Å². The molecule has 90 valence electrons. The summed E-state index contributed by atoms with van der Waals surface area (Å²) in [6, 6.07) is 2.46. The number of rotatable bonds is 3. The van der Waals surface area contributed by atoms with E-state index in [1.807, 2.05) is 17.7 Å². The highest BCUT2D eigenvalue weighted by atomic mass is 35.5. The molecule has 1 N–H and O–H groups in total. The second-order valence-corrected chi connectivity index (χ2v) is 4.87. The second-order valence-electron chi connectivity index (χ2n) is 4.10. The fraction of sp³-hybridized carbons (Fsp3) is 0.636. The highest BCUT2D eigenvalue weighted by Crippen LogP contribution is 2.25. The van der Waals surface area contributed by atoms with Crippen LogP contribution < -0.4 is 5.32 Å². The zero-order chi connectivity index (χ0) is 11.5. The van der Waals surface area contributed by atoms with E-state index in [0.29, 0.717) is 16.2 Å². The van der Waals surface area contributed by atoms with Gasteiger partial charge in [0.05, 0.1) is 5.02 Å². The van der Waals surface area contributed by atoms with E-state index in [2.05, 4.69) is 5.32 Å². The number of hydrogen-bond acceptors (Lipinski definition) is 2. The molecule has 0 amide bonds. The minimum Gasteiger partial charge on any atom is -0.381 e. The van der Waals surface area contributed by atoms with Crippen molar-refractivity contribution in [2.24, 2.45) is 7.05 Å². The number of hydrogen-bond donors (Lipinski definition) is 1. The van der Waals surface area contributed by atoms with Gasteiger partial charge in [-0.3, -0.25) is 0 Å². The number of halogens is 2. The molecular formula is C11H16Cl2N2O. The van der Waals surface area contributed by atoms with Crippen molar-refractivity contribution < 1.29 is 4.74 Å². The standard InChI is InChI=1S/C11H16Cl2N2O/c1-15-9(6-10(12)11(15)13)7-14-8-2-4-16-5-3-8/h6,8,14H,2-5,7H2,1H3. The van der Waals surface area contributed by atoms with Crippen molar-refractivity contribution in [3.8, 4) is 0 Å². The lowest BCUT2D eigenvalue weighted by atomic mass is 10.1. The maximum atomic E-state index is 6.00. The molecule has 0 saturated carbocycles. The van der Waals surface area contributed by atoms with Gasteiger partial charge in [0.1, 0.15) is 5.15 Å². The monoisotopic (exact) mass is 262 g/mol. The van der Waals surface area contributed by atoms with Crippen LogP contribution in [0.3, 0.4) is 0 Å². The predicted octanol–water partition coefficient (Wildman–Crippen LogP) is 2.60. The first-order chi connectivity index (χ1) is 7.68. The summed E-state index contributed by atoms with van der Waals surface area (Å²) in [6.07, 6.45) is 2.15. The van der Waals surface area contributed by atoms with E-state index >= 15 is 0 Å². The van der Waals surface area contributed by atoms with Crippen molar-refractivity contribution in [2.45, 2.75) is 25.4 Å². The lowest BCUT2D eigenvalue weighted by Gasteiger charge is -2.23. The Morgan fingerprint density at radius 2 is 2.12 bits per heavy atom. The van der Waals surface area contributed by atoms with Gasteiger partial charge in [-0.2, -0.15) is 0 Å². The Balaban J connectivity index is 1.91. The zero-order valence-electron chi connectivity index (χ0n) is 9.30. The van der Waals surface area contributed by atoms with Gasteiger partial charge in [-0.1, -0.05) is 23.2 Å². The molecule has 0 bridgehead atoms. The Morgan fingerprint density at radius 3 is 2.69 bits per heavy atom. The van der Waals surface area contributed by atoms with Crippen LogP contribution in [-0.2, 0) is 18.3 Å². The number of nitrogens with zero attached hydrogens (tertiary/aromatic N) is 1. The van der Waals surface area contributed by atoms with Crippen LogP contribution in [0.4, 0.5) is 0 Å². The van der Waals surface area contributed by atoms with Crippen LogP contribution in [0, 0.1) is 0 Å². The molecule has 16 heavy (non-hydrogen) atoms. The lowest BCUT2D eigenvalue weighted by Crippen LogP contribution is -2.34. The van der Waals surface area contributed by atoms with Gasteiger partial charge in [0, 0.05) is 38.5 Å². The SMILES string of the molecule is Cn1c(CNC2CCOCC2)cc(Cl)c1Cl. The number of aromatic nitrogens is 1. The van der Waals surface area contributed by atoms with Crippen molar-refractivity contribution in [1.82, 2.24) is 9.88 Å². The van der Waals surface area contributed by atoms with Gasteiger partial charge in [-0.05, 0) is 18.9 Å². The van der Waals surface area contributed by atoms with Crippen molar-refractivity contribution >= 4 is 23.2 Å². The van der Waals surface area contributed by atoms with Crippen LogP contribution in [0.15, 0.2) is 6.07 Å². The molecule has 0 atom stereocenters. The molecule has 1 saturated heterocycles. The molecule has 3 nitrogen and oxygen atoms in total. The minimum absolute atomic E-state index is 0.543. The second kappa shape index (κ2) is 5.41. The van der Waals surface area contributed by atoms with E-state index in [1.165, 1.54) is 0 Å². The lowest BCUT2D eigenvalue weighted by molar-refractivity contribution is 0.0774. The van der Waals surface area contributed by atoms with Gasteiger partial charge in [-0.15, -0.1) is 0 Å². The third-order valence-electron chi connectivity index (χ3n) is 3.01. The smallest absolute Gasteiger partial charge is 0.127 e. The van der Waals surface area contributed by atoms with E-state index in [-0.39, 0.29) is 0 Å². The quantitative estimate of drug-likeness (QED) is 0.907. The van der Waals surface area contributed by atoms with Crippen LogP contribution in [0.5, 0.6) is 0 Å². The van der Waals surface area contributed by atoms with Crippen molar-refractivity contribution in [3.63, 3.8) is 0 Å². The van der Waals surface area contributed by atoms with Crippen molar-refractivity contribution in [2.75, 3.05) is 13.2 Å². The van der Waals surface area contributed by atoms with E-state index < -0.39 is 0 Å². The Bertz CT molecular complexity index is 359. The molecule has 0 aliphatic carbocycles. The first kappa shape index (κ1) is 12.2. The molecule has 1 aliphatic heterocycles. The highest BCUT2D eigenvalue weighted by Gasteiger charge is 2.14. The zero-order valence-corrected chi connectivity index (χ0v) is 10.8. The molecule has 5 heteroatoms. The maximum absolute atomic E-state index is 6.00. The fourth-order valence-electron chi connectivity index (χ4n) is 1.91. The van der Waals surface area contributed by atoms with Crippen LogP contribution in [-0.4, -0.2) is 23.8 Å². The molecule has 0 radical (unpaired) electrons. The molecule has 0 spiro atoms. The summed E-state index contributed by atoms with van der Waals surface area (Å²) in [5.41, 5.74) is 1.11. The van der Waals surface area contributed by atoms with Crippen molar-refractivity contribution in [1.29, 1.82) is 0 Å². The van der Waals surface area contributed by atoms with Gasteiger partial charge in [0.15, 0.2) is 0 Å². The molecular weight excluding hydrogens is 247 g/mol. The molecule has 1 fully saturated rings. The van der Waals surface area contributed by atoms with E-state index in [0.717, 1.165) is 38.3 Å². The van der Waals surface area contributed by atoms with Gasteiger partial charge in [-0.25, -0.2) is 0 Å². The first-order valence-electron chi connectivity index (χ1n) is 5.49. The summed E-state index contributed by atoms with van der Waals surface area (Å²) in [5.74, 6) is 0. The molecule has 2 heterocycles. The molecule has 0 aromatic carbocycles. The third-order valence-corrected chi connectivity index (χ3v) is 3.85. The largest absolute Gasteiger partial charge is 0.381 e. The minimum atomic E-state index is 0.543. The van der Waals surface area contributed by atoms with Crippen molar-refractivity contribution in [3.05, 3.63) is 21.9 Å². The predicted molar refractivity (Wildman–Crippen MR) is 66.1 cm³/mol. The molecule has 1 aromatic rings. The summed E-state index contributed by atoms with van der Waals surface area (Å²) >= 11 is 12.0. The van der Waals surface area contributed by atoms with E-state index in [9.17, 15) is 0 Å². The highest BCUT2D eigenvalue weighted by molar-refractivity contribution is 6.41. The van der Waals surface area contributed by atoms with Crippen LogP contribution in [0.25, 0.3) is 0 Å². The Kier molecular flexibility index (Phi) is 4.14. The number of ether oxygens (including phenoxy) is 1. The van der Waals surface area contributed by atoms with Crippen LogP contribution >= 0.6 is 23.2 Å². The van der Waals surface area contributed by atoms with E-state index in [4.69, 9.17) is 27.9 Å². The molecule has 0 unspecified atom stereocenters. The summed E-state index contributed by atoms with van der Waals surface area (Å²) in [7, 11) is 1.93. The normalized spacial score (nSPS) is 17.9. The summed E-state index contributed by atoms with van der Waals surface area (Å²) in [4.78, 5) is 0. The Morgan fingerprint density at radius 1 is 1.44 bits per heavy atom. The first-order valence-corrected chi connectivity index (χ1v) is 6.25. The molecule has 1 aliphatic rings. The van der Waals surface area contributed by atoms with Gasteiger partial charge < -0.3 is 14.6 Å². The van der Waals surface area contributed by atoms with Gasteiger partial charge in [0.25, 0.3) is 0 Å². The Labute approximate surface area is 106 Å². The van der Waals surface area contributed by atoms with E-state index in [1.54, 1.807) is 0 Å². The average molecular weight is 263 g/mol. The maximum Gasteiger partial charge on any atom is 0.127 e. The average Bonchev–Trinajstić information content (AvgIpc) is 2.56. The van der Waals surface area contributed by atoms with Gasteiger partial charge in [0.2, 0.25) is 0 Å². The molecule has 1 aromatic heterocycles.